The minimum atomic E-state index is 1.75. The first-order valence-corrected chi connectivity index (χ1v) is 1.86. The molecule has 0 rings (SSSR count). The predicted octanol–water partition coefficient (Wildman–Crippen LogP) is -0.0194. The molecule has 0 fully saturated rings. The first-order chi connectivity index (χ1) is 2.77. The van der Waals surface area contributed by atoms with E-state index in [0.29, 0.717) is 0 Å². The molecule has 0 amide bonds. The molecule has 0 aromatic carbocycles. The van der Waals surface area contributed by atoms with E-state index in [1.165, 1.54) is 0 Å². The van der Waals surface area contributed by atoms with Gasteiger partial charge in [-0.05, 0) is 0 Å². The Hall–Kier alpha value is -0.335. The zero-order valence-electron chi connectivity index (χ0n) is 4.47. The van der Waals surface area contributed by atoms with Gasteiger partial charge in [-0.15, -0.1) is 0 Å². The molecule has 0 unspecified atom stereocenters. The van der Waals surface area contributed by atoms with Gasteiger partial charge in [-0.3, -0.25) is 0 Å². The van der Waals surface area contributed by atoms with Crippen molar-refractivity contribution in [3.8, 4) is 0 Å². The van der Waals surface area contributed by atoms with Crippen molar-refractivity contribution in [2.75, 3.05) is 21.1 Å². The van der Waals surface area contributed by atoms with Gasteiger partial charge in [0, 0.05) is 0 Å². The molecule has 34 valence electrons. The fraction of sp³-hybridized carbons (Fsp3) is 1.00. The van der Waals surface area contributed by atoms with E-state index in [2.05, 4.69) is 4.90 Å². The minimum absolute atomic E-state index is 1.75. The van der Waals surface area contributed by atoms with Crippen molar-refractivity contribution in [1.29, 1.82) is 0 Å². The fourth-order valence-electron chi connectivity index (χ4n) is 0.231. The van der Waals surface area contributed by atoms with Crippen LogP contribution in [0.15, 0.2) is 4.90 Å². The Morgan fingerprint density at radius 2 is 2.00 bits per heavy atom. The van der Waals surface area contributed by atoms with Gasteiger partial charge in [0.25, 0.3) is 0 Å². The van der Waals surface area contributed by atoms with Crippen molar-refractivity contribution in [1.82, 2.24) is 4.81 Å². The van der Waals surface area contributed by atoms with Crippen molar-refractivity contribution in [3.05, 3.63) is 0 Å². The Balaban J connectivity index is 3.03. The van der Waals surface area contributed by atoms with E-state index in [1.54, 1.807) is 14.3 Å². The van der Waals surface area contributed by atoms with Crippen molar-refractivity contribution < 1.29 is 0 Å². The second kappa shape index (κ2) is 2.88. The summed E-state index contributed by atoms with van der Waals surface area (Å²) in [5, 5.41) is 0. The van der Waals surface area contributed by atoms with Gasteiger partial charge in [-0.1, -0.05) is 0 Å². The molecule has 6 heavy (non-hydrogen) atoms. The first kappa shape index (κ1) is 5.66. The second-order valence-corrected chi connectivity index (χ2v) is 1.34. The average Bonchev–Trinajstić information content (AvgIpc) is 1.35. The van der Waals surface area contributed by atoms with Crippen molar-refractivity contribution in [2.24, 2.45) is 4.90 Å². The van der Waals surface area contributed by atoms with E-state index in [9.17, 15) is 0 Å². The van der Waals surface area contributed by atoms with Crippen LogP contribution in [-0.2, 0) is 0 Å². The molecule has 0 aliphatic rings. The fourth-order valence-corrected chi connectivity index (χ4v) is 0.231. The first-order valence-electron chi connectivity index (χ1n) is 1.86. The van der Waals surface area contributed by atoms with Gasteiger partial charge < -0.3 is 0 Å². The van der Waals surface area contributed by atoms with E-state index in [0.717, 1.165) is 0 Å². The van der Waals surface area contributed by atoms with Crippen LogP contribution in [0.3, 0.4) is 0 Å². The molecule has 0 aromatic heterocycles. The topological polar surface area (TPSA) is 15.6 Å². The quantitative estimate of drug-likeness (QED) is 0.407. The molecule has 0 saturated carbocycles. The molecule has 3 heteroatoms. The standard InChI is InChI=1S/C3H9BN2/c1-5-4-6(2)3/h1-3H3. The molecule has 2 nitrogen and oxygen atoms in total. The summed E-state index contributed by atoms with van der Waals surface area (Å²) in [5.74, 6) is 0. The van der Waals surface area contributed by atoms with E-state index < -0.39 is 0 Å². The number of hydrogen-bond donors (Lipinski definition) is 0. The summed E-state index contributed by atoms with van der Waals surface area (Å²) in [6.07, 6.45) is 0. The average molecular weight is 83.9 g/mol. The van der Waals surface area contributed by atoms with Gasteiger partial charge in [-0.25, -0.2) is 0 Å². The summed E-state index contributed by atoms with van der Waals surface area (Å²) < 4.78 is 0. The Labute approximate surface area is 39.1 Å². The van der Waals surface area contributed by atoms with Crippen molar-refractivity contribution in [2.45, 2.75) is 0 Å². The van der Waals surface area contributed by atoms with Crippen LogP contribution < -0.4 is 0 Å². The van der Waals surface area contributed by atoms with E-state index in [1.807, 2.05) is 18.9 Å². The van der Waals surface area contributed by atoms with Gasteiger partial charge in [0.05, 0.1) is 0 Å². The van der Waals surface area contributed by atoms with Gasteiger partial charge in [0.1, 0.15) is 0 Å². The van der Waals surface area contributed by atoms with Crippen LogP contribution >= 0.6 is 0 Å². The molecule has 0 aliphatic heterocycles. The number of hydrogen-bond acceptors (Lipinski definition) is 1. The van der Waals surface area contributed by atoms with Crippen LogP contribution in [0, 0.1) is 0 Å². The third kappa shape index (κ3) is 3.66. The Kier molecular flexibility index (Phi) is 2.72. The van der Waals surface area contributed by atoms with Crippen LogP contribution in [0.4, 0.5) is 0 Å². The molecule has 0 bridgehead atoms. The zero-order valence-corrected chi connectivity index (χ0v) is 4.47. The molecular formula is C3H9BN2. The van der Waals surface area contributed by atoms with E-state index in [-0.39, 0.29) is 0 Å². The third-order valence-electron chi connectivity index (χ3n) is 0.346. The summed E-state index contributed by atoms with van der Waals surface area (Å²) in [4.78, 5) is 5.62. The van der Waals surface area contributed by atoms with Gasteiger partial charge in [0.2, 0.25) is 0 Å². The Morgan fingerprint density at radius 3 is 2.00 bits per heavy atom. The van der Waals surface area contributed by atoms with Crippen LogP contribution in [0.2, 0.25) is 0 Å². The Morgan fingerprint density at radius 1 is 1.50 bits per heavy atom. The molecule has 0 spiro atoms. The van der Waals surface area contributed by atoms with Crippen molar-refractivity contribution in [3.63, 3.8) is 0 Å². The Bertz CT molecular complexity index is 50.8. The van der Waals surface area contributed by atoms with Crippen molar-refractivity contribution >= 4 is 7.21 Å². The molecule has 0 atom stereocenters. The second-order valence-electron chi connectivity index (χ2n) is 1.34. The molecule has 0 heterocycles. The van der Waals surface area contributed by atoms with Gasteiger partial charge >= 0.3 is 38.1 Å². The number of nitrogens with zero attached hydrogens (tertiary/aromatic N) is 2. The maximum atomic E-state index is 3.74. The van der Waals surface area contributed by atoms with Crippen LogP contribution in [0.5, 0.6) is 0 Å². The summed E-state index contributed by atoms with van der Waals surface area (Å²) in [6, 6.07) is 0. The maximum absolute atomic E-state index is 3.74. The predicted molar refractivity (Wildman–Crippen MR) is 27.8 cm³/mol. The molecule has 0 radical (unpaired) electrons. The van der Waals surface area contributed by atoms with Crippen LogP contribution in [0.1, 0.15) is 0 Å². The molecular weight excluding hydrogens is 74.9 g/mol. The van der Waals surface area contributed by atoms with E-state index in [4.69, 9.17) is 0 Å². The molecule has 0 N–H and O–H groups in total. The SMILES string of the molecule is C/N=B/N(C)C. The third-order valence-corrected chi connectivity index (χ3v) is 0.346. The summed E-state index contributed by atoms with van der Waals surface area (Å²) in [7, 11) is 7.38. The molecule has 0 aliphatic carbocycles. The normalized spacial score (nSPS) is 8.50. The van der Waals surface area contributed by atoms with Gasteiger partial charge in [-0.2, -0.15) is 0 Å². The van der Waals surface area contributed by atoms with Crippen LogP contribution in [-0.4, -0.2) is 33.2 Å². The molecule has 0 saturated heterocycles. The van der Waals surface area contributed by atoms with Crippen LogP contribution in [0.25, 0.3) is 0 Å². The monoisotopic (exact) mass is 84.1 g/mol. The summed E-state index contributed by atoms with van der Waals surface area (Å²) >= 11 is 0. The van der Waals surface area contributed by atoms with E-state index >= 15 is 0 Å². The molecule has 0 aromatic rings. The summed E-state index contributed by atoms with van der Waals surface area (Å²) in [5.41, 5.74) is 0. The van der Waals surface area contributed by atoms with Gasteiger partial charge in [0.15, 0.2) is 0 Å². The zero-order chi connectivity index (χ0) is 4.99. The number of rotatable bonds is 1. The summed E-state index contributed by atoms with van der Waals surface area (Å²) in [6.45, 7) is 0.